The molecule has 6 nitrogen and oxygen atoms in total. The summed E-state index contributed by atoms with van der Waals surface area (Å²) in [4.78, 5) is 28.2. The molecule has 1 amide bonds. The Morgan fingerprint density at radius 2 is 2.29 bits per heavy atom. The fraction of sp³-hybridized carbons (Fsp3) is 0.385. The summed E-state index contributed by atoms with van der Waals surface area (Å²) in [6.45, 7) is 2.21. The zero-order valence-electron chi connectivity index (χ0n) is 11.3. The Labute approximate surface area is 129 Å². The summed E-state index contributed by atoms with van der Waals surface area (Å²) in [5.74, 6) is 0.314. The van der Waals surface area contributed by atoms with Crippen molar-refractivity contribution in [3.8, 4) is 0 Å². The van der Waals surface area contributed by atoms with Gasteiger partial charge in [0.25, 0.3) is 5.91 Å². The Hall–Kier alpha value is -1.80. The lowest BCUT2D eigenvalue weighted by Gasteiger charge is -2.15. The molecule has 2 aromatic rings. The summed E-state index contributed by atoms with van der Waals surface area (Å²) in [5.41, 5.74) is 1.07. The number of carbonyl (C=O) groups excluding carboxylic acids is 1. The third kappa shape index (κ3) is 2.96. The highest BCUT2D eigenvalue weighted by atomic mass is 32.1. The van der Waals surface area contributed by atoms with Crippen LogP contribution in [-0.4, -0.2) is 15.8 Å². The first-order valence-electron chi connectivity index (χ1n) is 6.57. The van der Waals surface area contributed by atoms with Crippen molar-refractivity contribution in [3.05, 3.63) is 37.7 Å². The predicted molar refractivity (Wildman–Crippen MR) is 82.2 cm³/mol. The number of amides is 1. The molecule has 3 rings (SSSR count). The average molecular weight is 323 g/mol. The highest BCUT2D eigenvalue weighted by Gasteiger charge is 2.21. The lowest BCUT2D eigenvalue weighted by atomic mass is 9.93. The maximum absolute atomic E-state index is 12.1. The summed E-state index contributed by atoms with van der Waals surface area (Å²) in [6, 6.07) is 2.81. The van der Waals surface area contributed by atoms with Gasteiger partial charge in [-0.1, -0.05) is 18.3 Å². The number of anilines is 1. The van der Waals surface area contributed by atoms with Crippen LogP contribution in [0.1, 0.15) is 33.6 Å². The Kier molecular flexibility index (Phi) is 3.73. The minimum Gasteiger partial charge on any atom is -0.297 e. The topological polar surface area (TPSA) is 85.1 Å². The summed E-state index contributed by atoms with van der Waals surface area (Å²) >= 11 is 2.37. The molecule has 1 aliphatic rings. The lowest BCUT2D eigenvalue weighted by molar-refractivity contribution is -0.380. The summed E-state index contributed by atoms with van der Waals surface area (Å²) in [6.07, 6.45) is 3.09. The van der Waals surface area contributed by atoms with Crippen LogP contribution in [0.5, 0.6) is 0 Å². The molecule has 0 spiro atoms. The van der Waals surface area contributed by atoms with Crippen LogP contribution in [0.4, 0.5) is 10.1 Å². The second-order valence-corrected chi connectivity index (χ2v) is 7.23. The molecule has 21 heavy (non-hydrogen) atoms. The van der Waals surface area contributed by atoms with Crippen molar-refractivity contribution in [1.29, 1.82) is 0 Å². The number of aromatic nitrogens is 1. The summed E-state index contributed by atoms with van der Waals surface area (Å²) in [5, 5.41) is 13.9. The first-order valence-corrected chi connectivity index (χ1v) is 8.20. The van der Waals surface area contributed by atoms with Crippen LogP contribution in [0.3, 0.4) is 0 Å². The molecule has 0 saturated carbocycles. The van der Waals surface area contributed by atoms with Gasteiger partial charge in [0.1, 0.15) is 0 Å². The van der Waals surface area contributed by atoms with E-state index in [4.69, 9.17) is 0 Å². The van der Waals surface area contributed by atoms with E-state index >= 15 is 0 Å². The number of aryl methyl sites for hydroxylation is 1. The van der Waals surface area contributed by atoms with Crippen molar-refractivity contribution in [1.82, 2.24) is 4.98 Å². The molecule has 1 N–H and O–H groups in total. The zero-order valence-corrected chi connectivity index (χ0v) is 12.9. The molecular formula is C13H13N3O3S2. The number of fused-ring (bicyclic) bond motifs is 1. The maximum Gasteiger partial charge on any atom is 0.324 e. The second-order valence-electron chi connectivity index (χ2n) is 5.09. The highest BCUT2D eigenvalue weighted by molar-refractivity contribution is 7.18. The van der Waals surface area contributed by atoms with E-state index in [1.807, 2.05) is 0 Å². The monoisotopic (exact) mass is 323 g/mol. The molecule has 1 unspecified atom stereocenters. The van der Waals surface area contributed by atoms with Crippen molar-refractivity contribution < 1.29 is 9.72 Å². The smallest absolute Gasteiger partial charge is 0.297 e. The van der Waals surface area contributed by atoms with Crippen molar-refractivity contribution in [3.63, 3.8) is 0 Å². The number of hydrogen-bond acceptors (Lipinski definition) is 6. The van der Waals surface area contributed by atoms with Crippen LogP contribution >= 0.6 is 22.7 Å². The van der Waals surface area contributed by atoms with E-state index in [9.17, 15) is 14.9 Å². The normalized spacial score (nSPS) is 17.3. The Morgan fingerprint density at radius 1 is 1.48 bits per heavy atom. The third-order valence-corrected chi connectivity index (χ3v) is 5.47. The van der Waals surface area contributed by atoms with Gasteiger partial charge >= 0.3 is 5.00 Å². The molecule has 0 radical (unpaired) electrons. The van der Waals surface area contributed by atoms with Crippen molar-refractivity contribution >= 4 is 38.7 Å². The number of nitrogens with one attached hydrogen (secondary N) is 1. The Morgan fingerprint density at radius 3 is 3.00 bits per heavy atom. The average Bonchev–Trinajstić information content (AvgIpc) is 3.03. The van der Waals surface area contributed by atoms with Gasteiger partial charge in [-0.15, -0.1) is 11.3 Å². The number of carbonyl (C=O) groups is 1. The first-order chi connectivity index (χ1) is 10.0. The molecule has 2 heterocycles. The van der Waals surface area contributed by atoms with Gasteiger partial charge in [-0.3, -0.25) is 20.2 Å². The molecule has 2 aromatic heterocycles. The van der Waals surface area contributed by atoms with Gasteiger partial charge in [-0.25, -0.2) is 4.98 Å². The van der Waals surface area contributed by atoms with E-state index < -0.39 is 4.92 Å². The molecule has 0 saturated heterocycles. The number of nitrogens with zero attached hydrogens (tertiary/aromatic N) is 2. The van der Waals surface area contributed by atoms with Crippen molar-refractivity contribution in [2.75, 3.05) is 5.32 Å². The number of thiazole rings is 1. The molecule has 0 bridgehead atoms. The van der Waals surface area contributed by atoms with Crippen LogP contribution in [0, 0.1) is 16.0 Å². The molecular weight excluding hydrogens is 310 g/mol. The molecule has 0 aromatic carbocycles. The summed E-state index contributed by atoms with van der Waals surface area (Å²) in [7, 11) is 0. The van der Waals surface area contributed by atoms with E-state index in [2.05, 4.69) is 17.2 Å². The summed E-state index contributed by atoms with van der Waals surface area (Å²) < 4.78 is 0. The lowest BCUT2D eigenvalue weighted by Crippen LogP contribution is -2.10. The molecule has 1 aliphatic carbocycles. The molecule has 0 fully saturated rings. The van der Waals surface area contributed by atoms with Crippen LogP contribution < -0.4 is 5.32 Å². The largest absolute Gasteiger partial charge is 0.324 e. The highest BCUT2D eigenvalue weighted by Crippen LogP contribution is 2.32. The fourth-order valence-corrected chi connectivity index (χ4v) is 4.18. The van der Waals surface area contributed by atoms with E-state index in [-0.39, 0.29) is 10.9 Å². The van der Waals surface area contributed by atoms with Gasteiger partial charge < -0.3 is 0 Å². The van der Waals surface area contributed by atoms with Gasteiger partial charge in [0.05, 0.1) is 15.5 Å². The van der Waals surface area contributed by atoms with Gasteiger partial charge in [0.15, 0.2) is 5.13 Å². The van der Waals surface area contributed by atoms with Crippen LogP contribution in [0.2, 0.25) is 0 Å². The first kappa shape index (κ1) is 14.2. The predicted octanol–water partition coefficient (Wildman–Crippen LogP) is 3.49. The van der Waals surface area contributed by atoms with E-state index in [1.54, 1.807) is 0 Å². The number of thiophene rings is 1. The van der Waals surface area contributed by atoms with Crippen molar-refractivity contribution in [2.24, 2.45) is 5.92 Å². The third-order valence-electron chi connectivity index (χ3n) is 3.40. The molecule has 1 atom stereocenters. The minimum atomic E-state index is -0.495. The minimum absolute atomic E-state index is 0.0348. The quantitative estimate of drug-likeness (QED) is 0.692. The molecule has 110 valence electrons. The van der Waals surface area contributed by atoms with Gasteiger partial charge in [0.2, 0.25) is 0 Å². The van der Waals surface area contributed by atoms with Crippen LogP contribution in [0.15, 0.2) is 12.1 Å². The van der Waals surface area contributed by atoms with Crippen molar-refractivity contribution in [2.45, 2.75) is 26.2 Å². The van der Waals surface area contributed by atoms with E-state index in [0.29, 0.717) is 15.9 Å². The fourth-order valence-electron chi connectivity index (χ4n) is 2.30. The SMILES string of the molecule is CC1CCc2nc(NC(=O)c3ccc([N+](=O)[O-])s3)sc2C1. The van der Waals surface area contributed by atoms with Gasteiger partial charge in [0, 0.05) is 10.9 Å². The Bertz CT molecular complexity index is 707. The van der Waals surface area contributed by atoms with Gasteiger partial charge in [-0.05, 0) is 31.2 Å². The number of hydrogen-bond donors (Lipinski definition) is 1. The number of rotatable bonds is 3. The van der Waals surface area contributed by atoms with Crippen LogP contribution in [0.25, 0.3) is 0 Å². The zero-order chi connectivity index (χ0) is 15.0. The maximum atomic E-state index is 12.1. The standard InChI is InChI=1S/C13H13N3O3S2/c1-7-2-3-8-10(6-7)21-13(14-8)15-12(17)9-4-5-11(20-9)16(18)19/h4-5,7H,2-3,6H2,1H3,(H,14,15,17). The number of nitro groups is 1. The van der Waals surface area contributed by atoms with Gasteiger partial charge in [-0.2, -0.15) is 0 Å². The second kappa shape index (κ2) is 5.53. The van der Waals surface area contributed by atoms with Crippen LogP contribution in [-0.2, 0) is 12.8 Å². The Balaban J connectivity index is 1.74. The molecule has 0 aliphatic heterocycles. The molecule has 8 heteroatoms. The van der Waals surface area contributed by atoms with E-state index in [1.165, 1.54) is 28.3 Å². The van der Waals surface area contributed by atoms with E-state index in [0.717, 1.165) is 36.3 Å².